The van der Waals surface area contributed by atoms with Gasteiger partial charge in [0, 0.05) is 51.7 Å². The van der Waals surface area contributed by atoms with Crippen LogP contribution in [0.15, 0.2) is 24.3 Å². The van der Waals surface area contributed by atoms with E-state index in [0.29, 0.717) is 29.9 Å². The highest BCUT2D eigenvalue weighted by Gasteiger charge is 2.33. The van der Waals surface area contributed by atoms with Gasteiger partial charge in [-0.1, -0.05) is 52.0 Å². The van der Waals surface area contributed by atoms with Crippen LogP contribution in [0.4, 0.5) is 4.79 Å². The summed E-state index contributed by atoms with van der Waals surface area (Å²) in [4.78, 5) is 126. The van der Waals surface area contributed by atoms with Gasteiger partial charge in [0.2, 0.25) is 5.91 Å². The Kier molecular flexibility index (Phi) is 26.1. The summed E-state index contributed by atoms with van der Waals surface area (Å²) in [5, 5.41) is 5.68. The maximum atomic E-state index is 13.5. The van der Waals surface area contributed by atoms with Gasteiger partial charge in [-0.3, -0.25) is 38.4 Å². The molecule has 0 saturated carbocycles. The Hall–Kier alpha value is -5.77. The number of imide groups is 1. The Morgan fingerprint density at radius 1 is 0.731 bits per heavy atom. The van der Waals surface area contributed by atoms with E-state index in [-0.39, 0.29) is 139 Å². The summed E-state index contributed by atoms with van der Waals surface area (Å²) in [6.07, 6.45) is 1.09. The van der Waals surface area contributed by atoms with Gasteiger partial charge in [0.25, 0.3) is 11.8 Å². The number of primary amides is 1. The lowest BCUT2D eigenvalue weighted by molar-refractivity contribution is -0.197. The van der Waals surface area contributed by atoms with Gasteiger partial charge in [-0.15, -0.1) is 5.06 Å². The second-order valence-electron chi connectivity index (χ2n) is 16.7. The van der Waals surface area contributed by atoms with E-state index < -0.39 is 69.2 Å². The van der Waals surface area contributed by atoms with E-state index in [9.17, 15) is 56.4 Å². The number of hydrogen-bond acceptors (Lipinski definition) is 17. The molecule has 1 saturated heterocycles. The minimum absolute atomic E-state index is 0.0158. The number of nitrogens with one attached hydrogen (secondary N) is 2. The summed E-state index contributed by atoms with van der Waals surface area (Å²) in [6.45, 7) is 6.86. The number of nitrogens with zero attached hydrogens (tertiary/aromatic N) is 1. The summed E-state index contributed by atoms with van der Waals surface area (Å²) in [7, 11) is -3.82. The molecule has 1 fully saturated rings. The van der Waals surface area contributed by atoms with Crippen molar-refractivity contribution in [1.29, 1.82) is 0 Å². The smallest absolute Gasteiger partial charge is 0.333 e. The van der Waals surface area contributed by atoms with Crippen LogP contribution in [0.2, 0.25) is 0 Å². The fraction of sp³-hybridized carbons (Fsp3) is 0.644. The summed E-state index contributed by atoms with van der Waals surface area (Å²) >= 11 is 0. The Balaban J connectivity index is 1.67. The van der Waals surface area contributed by atoms with Gasteiger partial charge >= 0.3 is 29.9 Å². The SMILES string of the molecule is CC(C)C(=O)OCc1ccc(CC(=O)[C@@H](CCCNC(N)=O)NC(=O)[C@H](CC(=O)OCCOCCCS(=O)(=O)CC(=O)OCCCCC(=O)CCCC(=O)ON2C(=O)CCC2=O)C(C)C)cc1. The van der Waals surface area contributed by atoms with E-state index in [1.165, 1.54) is 0 Å². The van der Waals surface area contributed by atoms with Gasteiger partial charge in [-0.2, -0.15) is 0 Å². The number of esters is 3. The number of ketones is 2. The first-order valence-electron chi connectivity index (χ1n) is 22.5. The standard InChI is InChI=1S/C45H66N4O17S/c1-30(2)35(43(57)48-36(12-8-20-47-45(46)59)37(51)26-32-14-16-33(17-15-32)28-65-44(58)31(3)4)27-41(55)64-24-23-62-21-9-25-67(60,61)29-42(56)63-22-6-5-10-34(50)11-7-13-40(54)66-49-38(52)18-19-39(49)53/h14-17,30-31,35-36H,5-13,18-29H2,1-4H3,(H,48,57)(H3,46,47,59)/t35-,36-/m1/s1. The topological polar surface area (TPSA) is 304 Å². The molecule has 4 N–H and O–H groups in total. The Morgan fingerprint density at radius 3 is 2.01 bits per heavy atom. The summed E-state index contributed by atoms with van der Waals surface area (Å²) in [6, 6.07) is 5.27. The Bertz CT molecular complexity index is 1950. The number of sulfone groups is 1. The maximum Gasteiger partial charge on any atom is 0.333 e. The molecule has 0 aliphatic carbocycles. The zero-order chi connectivity index (χ0) is 49.9. The Morgan fingerprint density at radius 2 is 1.37 bits per heavy atom. The third-order valence-corrected chi connectivity index (χ3v) is 11.8. The van der Waals surface area contributed by atoms with E-state index >= 15 is 0 Å². The lowest BCUT2D eigenvalue weighted by Gasteiger charge is -2.24. The molecule has 1 aromatic rings. The molecule has 21 nitrogen and oxygen atoms in total. The molecule has 22 heteroatoms. The molecule has 0 bridgehead atoms. The molecule has 1 aromatic carbocycles. The largest absolute Gasteiger partial charge is 0.465 e. The van der Waals surface area contributed by atoms with Gasteiger partial charge < -0.3 is 40.2 Å². The number of nitrogens with two attached hydrogens (primary N) is 1. The van der Waals surface area contributed by atoms with Crippen LogP contribution in [0.5, 0.6) is 0 Å². The van der Waals surface area contributed by atoms with Crippen molar-refractivity contribution >= 4 is 69.0 Å². The predicted octanol–water partition coefficient (Wildman–Crippen LogP) is 2.52. The van der Waals surface area contributed by atoms with Crippen LogP contribution in [0.25, 0.3) is 0 Å². The number of urea groups is 1. The first-order chi connectivity index (χ1) is 31.7. The van der Waals surface area contributed by atoms with Crippen LogP contribution >= 0.6 is 0 Å². The fourth-order valence-corrected chi connectivity index (χ4v) is 7.48. The normalized spacial score (nSPS) is 13.5. The van der Waals surface area contributed by atoms with E-state index in [2.05, 4.69) is 10.6 Å². The number of hydrogen-bond donors (Lipinski definition) is 3. The molecular weight excluding hydrogens is 901 g/mol. The number of carbonyl (C=O) groups excluding carboxylic acids is 10. The molecule has 1 aliphatic rings. The van der Waals surface area contributed by atoms with Crippen molar-refractivity contribution in [1.82, 2.24) is 15.7 Å². The quantitative estimate of drug-likeness (QED) is 0.0387. The number of unbranched alkanes of at least 4 members (excludes halogenated alkanes) is 1. The second-order valence-corrected chi connectivity index (χ2v) is 18.8. The summed E-state index contributed by atoms with van der Waals surface area (Å²) < 4.78 is 45.7. The van der Waals surface area contributed by atoms with E-state index in [1.54, 1.807) is 52.0 Å². The van der Waals surface area contributed by atoms with Crippen LogP contribution in [0.3, 0.4) is 0 Å². The third-order valence-electron chi connectivity index (χ3n) is 10.2. The third kappa shape index (κ3) is 24.5. The number of hydroxylamine groups is 2. The van der Waals surface area contributed by atoms with Crippen LogP contribution < -0.4 is 16.4 Å². The highest BCUT2D eigenvalue weighted by molar-refractivity contribution is 7.92. The van der Waals surface area contributed by atoms with Crippen molar-refractivity contribution in [2.75, 3.05) is 44.5 Å². The zero-order valence-corrected chi connectivity index (χ0v) is 39.7. The molecule has 0 radical (unpaired) electrons. The molecule has 0 unspecified atom stereocenters. The molecule has 2 atom stereocenters. The lowest BCUT2D eigenvalue weighted by Crippen LogP contribution is -2.46. The first-order valence-corrected chi connectivity index (χ1v) is 24.3. The van der Waals surface area contributed by atoms with Crippen molar-refractivity contribution in [2.45, 2.75) is 124 Å². The van der Waals surface area contributed by atoms with Crippen molar-refractivity contribution in [2.24, 2.45) is 23.5 Å². The second kappa shape index (κ2) is 30.5. The molecular formula is C45H66N4O17S. The molecule has 1 heterocycles. The predicted molar refractivity (Wildman–Crippen MR) is 237 cm³/mol. The van der Waals surface area contributed by atoms with Crippen molar-refractivity contribution < 1.29 is 80.1 Å². The molecule has 0 aromatic heterocycles. The molecule has 2 rings (SSSR count). The van der Waals surface area contributed by atoms with Crippen LogP contribution in [0, 0.1) is 17.8 Å². The summed E-state index contributed by atoms with van der Waals surface area (Å²) in [5.74, 6) is -7.57. The molecule has 1 aliphatic heterocycles. The number of carbonyl (C=O) groups is 10. The first kappa shape index (κ1) is 57.4. The highest BCUT2D eigenvalue weighted by atomic mass is 32.2. The van der Waals surface area contributed by atoms with Crippen LogP contribution in [0.1, 0.15) is 116 Å². The average Bonchev–Trinajstić information content (AvgIpc) is 3.57. The monoisotopic (exact) mass is 966 g/mol. The highest BCUT2D eigenvalue weighted by Crippen LogP contribution is 2.19. The number of rotatable bonds is 34. The van der Waals surface area contributed by atoms with Gasteiger partial charge in [0.05, 0.1) is 43.3 Å². The number of ether oxygens (including phenoxy) is 4. The van der Waals surface area contributed by atoms with Gasteiger partial charge in [-0.25, -0.2) is 18.0 Å². The summed E-state index contributed by atoms with van der Waals surface area (Å²) in [5.41, 5.74) is 6.56. The number of amides is 5. The van der Waals surface area contributed by atoms with Crippen molar-refractivity contribution in [3.05, 3.63) is 35.4 Å². The minimum Gasteiger partial charge on any atom is -0.465 e. The van der Waals surface area contributed by atoms with Crippen molar-refractivity contribution in [3.63, 3.8) is 0 Å². The molecule has 67 heavy (non-hydrogen) atoms. The van der Waals surface area contributed by atoms with Gasteiger partial charge in [0.1, 0.15) is 24.7 Å². The molecule has 374 valence electrons. The Labute approximate surface area is 391 Å². The van der Waals surface area contributed by atoms with E-state index in [1.807, 2.05) is 0 Å². The molecule has 0 spiro atoms. The maximum absolute atomic E-state index is 13.5. The fourth-order valence-electron chi connectivity index (χ4n) is 6.34. The van der Waals surface area contributed by atoms with Gasteiger partial charge in [0.15, 0.2) is 15.6 Å². The number of benzene rings is 1. The van der Waals surface area contributed by atoms with Crippen molar-refractivity contribution in [3.8, 4) is 0 Å². The van der Waals surface area contributed by atoms with E-state index in [4.69, 9.17) is 29.5 Å². The van der Waals surface area contributed by atoms with Gasteiger partial charge in [-0.05, 0) is 55.6 Å². The number of Topliss-reactive ketones (excluding diaryl/α,β-unsaturated/α-hetero) is 2. The molecule has 5 amide bonds. The van der Waals surface area contributed by atoms with Crippen LogP contribution in [-0.2, 0) is 89.8 Å². The zero-order valence-electron chi connectivity index (χ0n) is 38.8. The minimum atomic E-state index is -3.82. The average molecular weight is 967 g/mol. The lowest BCUT2D eigenvalue weighted by atomic mass is 9.90. The van der Waals surface area contributed by atoms with Crippen LogP contribution in [-0.4, -0.2) is 123 Å². The van der Waals surface area contributed by atoms with E-state index in [0.717, 1.165) is 5.56 Å².